The van der Waals surface area contributed by atoms with E-state index in [4.69, 9.17) is 4.52 Å². The Morgan fingerprint density at radius 1 is 1.56 bits per heavy atom. The van der Waals surface area contributed by atoms with Crippen LogP contribution in [-0.4, -0.2) is 41.1 Å². The molecule has 0 spiro atoms. The Balaban J connectivity index is 2.20. The van der Waals surface area contributed by atoms with Crippen LogP contribution >= 0.6 is 0 Å². The van der Waals surface area contributed by atoms with Crippen molar-refractivity contribution >= 4 is 11.9 Å². The summed E-state index contributed by atoms with van der Waals surface area (Å²) in [5.41, 5.74) is 0.639. The summed E-state index contributed by atoms with van der Waals surface area (Å²) in [4.78, 5) is 25.4. The Bertz CT molecular complexity index is 464. The van der Waals surface area contributed by atoms with Crippen molar-refractivity contribution in [2.75, 3.05) is 7.11 Å². The summed E-state index contributed by atoms with van der Waals surface area (Å²) in [5.74, 6) is -0.572. The molecule has 0 bridgehead atoms. The van der Waals surface area contributed by atoms with Crippen molar-refractivity contribution < 1.29 is 18.8 Å². The van der Waals surface area contributed by atoms with Crippen LogP contribution in [0.5, 0.6) is 0 Å². The highest BCUT2D eigenvalue weighted by atomic mass is 16.5. The van der Waals surface area contributed by atoms with Crippen molar-refractivity contribution in [2.45, 2.75) is 38.8 Å². The first-order chi connectivity index (χ1) is 8.54. The smallest absolute Gasteiger partial charge is 0.328 e. The van der Waals surface area contributed by atoms with E-state index in [1.165, 1.54) is 12.0 Å². The molecule has 1 aliphatic carbocycles. The van der Waals surface area contributed by atoms with E-state index >= 15 is 0 Å². The van der Waals surface area contributed by atoms with Crippen molar-refractivity contribution in [1.29, 1.82) is 0 Å². The summed E-state index contributed by atoms with van der Waals surface area (Å²) in [6.45, 7) is 3.40. The lowest BCUT2D eigenvalue weighted by Gasteiger charge is -2.26. The number of nitrogens with zero attached hydrogens (tertiary/aromatic N) is 2. The first kappa shape index (κ1) is 12.6. The van der Waals surface area contributed by atoms with Gasteiger partial charge in [-0.15, -0.1) is 0 Å². The lowest BCUT2D eigenvalue weighted by atomic mass is 10.2. The summed E-state index contributed by atoms with van der Waals surface area (Å²) < 4.78 is 9.64. The average molecular weight is 252 g/mol. The molecule has 98 valence electrons. The van der Waals surface area contributed by atoms with Crippen molar-refractivity contribution in [1.82, 2.24) is 10.1 Å². The van der Waals surface area contributed by atoms with E-state index in [0.717, 1.165) is 12.8 Å². The van der Waals surface area contributed by atoms with Gasteiger partial charge in [-0.2, -0.15) is 0 Å². The summed E-state index contributed by atoms with van der Waals surface area (Å²) in [5, 5.41) is 3.69. The zero-order chi connectivity index (χ0) is 13.3. The van der Waals surface area contributed by atoms with Crippen molar-refractivity contribution in [3.63, 3.8) is 0 Å². The first-order valence-corrected chi connectivity index (χ1v) is 5.88. The molecule has 18 heavy (non-hydrogen) atoms. The first-order valence-electron chi connectivity index (χ1n) is 5.88. The third kappa shape index (κ3) is 2.37. The van der Waals surface area contributed by atoms with E-state index in [9.17, 15) is 9.59 Å². The van der Waals surface area contributed by atoms with E-state index in [1.54, 1.807) is 19.9 Å². The number of methoxy groups -OCH3 is 1. The molecule has 0 saturated heterocycles. The van der Waals surface area contributed by atoms with Gasteiger partial charge in [-0.25, -0.2) is 4.79 Å². The highest BCUT2D eigenvalue weighted by molar-refractivity contribution is 5.94. The second kappa shape index (κ2) is 4.80. The van der Waals surface area contributed by atoms with Gasteiger partial charge in [0.1, 0.15) is 6.04 Å². The van der Waals surface area contributed by atoms with E-state index in [0.29, 0.717) is 5.69 Å². The number of hydrogen-bond donors (Lipinski definition) is 0. The Kier molecular flexibility index (Phi) is 3.36. The van der Waals surface area contributed by atoms with Crippen LogP contribution in [0.15, 0.2) is 10.6 Å². The maximum absolute atomic E-state index is 12.3. The minimum atomic E-state index is -0.611. The topological polar surface area (TPSA) is 72.6 Å². The number of hydrogen-bond acceptors (Lipinski definition) is 5. The normalized spacial score (nSPS) is 16.2. The lowest BCUT2D eigenvalue weighted by molar-refractivity contribution is -0.145. The molecule has 0 radical (unpaired) electrons. The zero-order valence-corrected chi connectivity index (χ0v) is 10.7. The van der Waals surface area contributed by atoms with Gasteiger partial charge >= 0.3 is 5.97 Å². The molecule has 6 heteroatoms. The monoisotopic (exact) mass is 252 g/mol. The van der Waals surface area contributed by atoms with Gasteiger partial charge in [0, 0.05) is 12.1 Å². The average Bonchev–Trinajstić information content (AvgIpc) is 3.09. The molecule has 1 aromatic heterocycles. The second-order valence-corrected chi connectivity index (χ2v) is 4.48. The Morgan fingerprint density at radius 3 is 2.67 bits per heavy atom. The molecule has 2 rings (SSSR count). The van der Waals surface area contributed by atoms with Crippen LogP contribution in [0.4, 0.5) is 0 Å². The molecule has 1 aromatic rings. The molecule has 0 N–H and O–H groups in total. The Labute approximate surface area is 105 Å². The molecule has 1 saturated carbocycles. The van der Waals surface area contributed by atoms with E-state index in [1.807, 2.05) is 0 Å². The highest BCUT2D eigenvalue weighted by Crippen LogP contribution is 2.30. The standard InChI is InChI=1S/C12H16N2O4/c1-7-6-10(18-13-7)11(15)14(9-4-5-9)8(2)12(16)17-3/h6,8-9H,4-5H2,1-3H3. The third-order valence-corrected chi connectivity index (χ3v) is 2.97. The zero-order valence-electron chi connectivity index (χ0n) is 10.7. The quantitative estimate of drug-likeness (QED) is 0.751. The third-order valence-electron chi connectivity index (χ3n) is 2.97. The molecule has 1 atom stereocenters. The van der Waals surface area contributed by atoms with E-state index < -0.39 is 12.0 Å². The summed E-state index contributed by atoms with van der Waals surface area (Å²) >= 11 is 0. The number of esters is 1. The maximum atomic E-state index is 12.3. The molecule has 1 fully saturated rings. The fourth-order valence-corrected chi connectivity index (χ4v) is 1.89. The van der Waals surface area contributed by atoms with Gasteiger partial charge in [0.25, 0.3) is 5.91 Å². The number of aromatic nitrogens is 1. The fourth-order valence-electron chi connectivity index (χ4n) is 1.89. The second-order valence-electron chi connectivity index (χ2n) is 4.48. The van der Waals surface area contributed by atoms with Crippen molar-refractivity contribution in [2.24, 2.45) is 0 Å². The largest absolute Gasteiger partial charge is 0.467 e. The molecular weight excluding hydrogens is 236 g/mol. The molecule has 1 aliphatic rings. The minimum absolute atomic E-state index is 0.0945. The van der Waals surface area contributed by atoms with E-state index in [2.05, 4.69) is 9.89 Å². The predicted molar refractivity (Wildman–Crippen MR) is 61.9 cm³/mol. The van der Waals surface area contributed by atoms with Gasteiger partial charge < -0.3 is 14.2 Å². The fraction of sp³-hybridized carbons (Fsp3) is 0.583. The molecule has 1 heterocycles. The van der Waals surface area contributed by atoms with Gasteiger partial charge in [-0.05, 0) is 26.7 Å². The maximum Gasteiger partial charge on any atom is 0.328 e. The lowest BCUT2D eigenvalue weighted by Crippen LogP contribution is -2.45. The van der Waals surface area contributed by atoms with Crippen LogP contribution < -0.4 is 0 Å². The van der Waals surface area contributed by atoms with Crippen LogP contribution in [0.25, 0.3) is 0 Å². The Hall–Kier alpha value is -1.85. The van der Waals surface area contributed by atoms with Crippen LogP contribution in [0.3, 0.4) is 0 Å². The van der Waals surface area contributed by atoms with Gasteiger partial charge in [0.05, 0.1) is 12.8 Å². The van der Waals surface area contributed by atoms with Gasteiger partial charge in [-0.3, -0.25) is 4.79 Å². The highest BCUT2D eigenvalue weighted by Gasteiger charge is 2.40. The molecule has 1 unspecified atom stereocenters. The summed E-state index contributed by atoms with van der Waals surface area (Å²) in [6.07, 6.45) is 1.81. The number of carbonyl (C=O) groups excluding carboxylic acids is 2. The molecule has 1 amide bonds. The Morgan fingerprint density at radius 2 is 2.22 bits per heavy atom. The van der Waals surface area contributed by atoms with Gasteiger partial charge in [-0.1, -0.05) is 5.16 Å². The predicted octanol–water partition coefficient (Wildman–Crippen LogP) is 1.15. The van der Waals surface area contributed by atoms with Crippen LogP contribution in [0, 0.1) is 6.92 Å². The molecule has 0 aromatic carbocycles. The van der Waals surface area contributed by atoms with Crippen molar-refractivity contribution in [3.05, 3.63) is 17.5 Å². The van der Waals surface area contributed by atoms with E-state index in [-0.39, 0.29) is 17.7 Å². The van der Waals surface area contributed by atoms with Crippen molar-refractivity contribution in [3.8, 4) is 0 Å². The number of rotatable bonds is 4. The van der Waals surface area contributed by atoms with Crippen LogP contribution in [-0.2, 0) is 9.53 Å². The number of amides is 1. The van der Waals surface area contributed by atoms with Gasteiger partial charge in [0.15, 0.2) is 0 Å². The number of carbonyl (C=O) groups is 2. The minimum Gasteiger partial charge on any atom is -0.467 e. The molecule has 6 nitrogen and oxygen atoms in total. The number of aryl methyl sites for hydroxylation is 1. The summed E-state index contributed by atoms with van der Waals surface area (Å²) in [7, 11) is 1.31. The van der Waals surface area contributed by atoms with Crippen LogP contribution in [0.2, 0.25) is 0 Å². The van der Waals surface area contributed by atoms with Gasteiger partial charge in [0.2, 0.25) is 5.76 Å². The SMILES string of the molecule is COC(=O)C(C)N(C(=O)c1cc(C)no1)C1CC1. The number of ether oxygens (including phenoxy) is 1. The molecular formula is C12H16N2O4. The molecule has 0 aliphatic heterocycles. The van der Waals surface area contributed by atoms with Crippen LogP contribution in [0.1, 0.15) is 36.0 Å². The summed E-state index contributed by atoms with van der Waals surface area (Å²) in [6, 6.07) is 1.05.